The number of hydrogen-bond acceptors (Lipinski definition) is 6. The highest BCUT2D eigenvalue weighted by Gasteiger charge is 2.24. The van der Waals surface area contributed by atoms with Crippen molar-refractivity contribution in [2.75, 3.05) is 5.73 Å². The zero-order valence-electron chi connectivity index (χ0n) is 7.02. The van der Waals surface area contributed by atoms with Gasteiger partial charge in [-0.1, -0.05) is 0 Å². The zero-order chi connectivity index (χ0) is 10.1. The van der Waals surface area contributed by atoms with Gasteiger partial charge < -0.3 is 15.2 Å². The van der Waals surface area contributed by atoms with E-state index in [1.165, 1.54) is 12.3 Å². The smallest absolute Gasteiger partial charge is 0.322 e. The average Bonchev–Trinajstić information content (AvgIpc) is 2.23. The fourth-order valence-corrected chi connectivity index (χ4v) is 1.06. The molecular formula is C8H6N2O4. The van der Waals surface area contributed by atoms with E-state index in [0.717, 1.165) is 0 Å². The number of pyridine rings is 1. The number of nitrogen functional groups attached to an aromatic ring is 1. The third kappa shape index (κ3) is 1.37. The van der Waals surface area contributed by atoms with Crippen molar-refractivity contribution in [1.29, 1.82) is 0 Å². The first-order valence-corrected chi connectivity index (χ1v) is 3.82. The highest BCUT2D eigenvalue weighted by atomic mass is 16.6. The van der Waals surface area contributed by atoms with Crippen LogP contribution in [0, 0.1) is 0 Å². The average molecular weight is 194 g/mol. The van der Waals surface area contributed by atoms with Crippen LogP contribution in [0.3, 0.4) is 0 Å². The van der Waals surface area contributed by atoms with Crippen molar-refractivity contribution >= 4 is 17.8 Å². The molecule has 0 bridgehead atoms. The Hall–Kier alpha value is -2.11. The van der Waals surface area contributed by atoms with E-state index in [4.69, 9.17) is 15.2 Å². The number of carbonyl (C=O) groups excluding carboxylic acids is 2. The number of nitrogens with zero attached hydrogens (tertiary/aromatic N) is 1. The number of hydrogen-bond donors (Lipinski definition) is 1. The first-order valence-electron chi connectivity index (χ1n) is 3.82. The molecule has 1 aromatic rings. The molecule has 0 aromatic carbocycles. The number of ether oxygens (including phenoxy) is 2. The van der Waals surface area contributed by atoms with Crippen LogP contribution in [-0.4, -0.2) is 16.9 Å². The first kappa shape index (κ1) is 8.49. The lowest BCUT2D eigenvalue weighted by atomic mass is 10.4. The standard InChI is InChI=1S/C8H6N2O4/c9-8-7-4(1-2-10-8)13-5(11)3-6(12)14-7/h1-2H,3H2,(H2,9,10). The highest BCUT2D eigenvalue weighted by Crippen LogP contribution is 2.33. The molecule has 1 aliphatic rings. The van der Waals surface area contributed by atoms with E-state index < -0.39 is 18.4 Å². The number of fused-ring (bicyclic) bond motifs is 1. The van der Waals surface area contributed by atoms with E-state index in [0.29, 0.717) is 0 Å². The summed E-state index contributed by atoms with van der Waals surface area (Å²) in [5.74, 6) is -1.23. The van der Waals surface area contributed by atoms with Gasteiger partial charge in [-0.05, 0) is 0 Å². The molecule has 1 aliphatic heterocycles. The summed E-state index contributed by atoms with van der Waals surface area (Å²) < 4.78 is 9.59. The zero-order valence-corrected chi connectivity index (χ0v) is 7.02. The van der Waals surface area contributed by atoms with Crippen LogP contribution in [0.15, 0.2) is 12.3 Å². The molecule has 0 saturated carbocycles. The quantitative estimate of drug-likeness (QED) is 0.457. The summed E-state index contributed by atoms with van der Waals surface area (Å²) in [5, 5.41) is 0. The topological polar surface area (TPSA) is 91.5 Å². The van der Waals surface area contributed by atoms with Crippen LogP contribution in [0.1, 0.15) is 6.42 Å². The maximum atomic E-state index is 11.0. The molecule has 0 saturated heterocycles. The van der Waals surface area contributed by atoms with Crippen LogP contribution in [0.2, 0.25) is 0 Å². The van der Waals surface area contributed by atoms with Gasteiger partial charge >= 0.3 is 11.9 Å². The second-order valence-corrected chi connectivity index (χ2v) is 2.65. The van der Waals surface area contributed by atoms with Crippen LogP contribution < -0.4 is 15.2 Å². The number of nitrogens with two attached hydrogens (primary N) is 1. The molecule has 0 fully saturated rings. The molecule has 2 N–H and O–H groups in total. The molecule has 0 spiro atoms. The molecule has 6 heteroatoms. The molecule has 2 heterocycles. The van der Waals surface area contributed by atoms with Crippen LogP contribution in [0.5, 0.6) is 11.5 Å². The summed E-state index contributed by atoms with van der Waals surface area (Å²) in [6, 6.07) is 1.40. The number of aromatic nitrogens is 1. The molecule has 0 atom stereocenters. The molecule has 0 unspecified atom stereocenters. The lowest BCUT2D eigenvalue weighted by Gasteiger charge is -2.05. The van der Waals surface area contributed by atoms with Gasteiger partial charge in [-0.3, -0.25) is 9.59 Å². The van der Waals surface area contributed by atoms with Crippen molar-refractivity contribution < 1.29 is 19.1 Å². The van der Waals surface area contributed by atoms with Crippen molar-refractivity contribution in [3.05, 3.63) is 12.3 Å². The maximum Gasteiger partial charge on any atom is 0.322 e. The number of carbonyl (C=O) groups is 2. The van der Waals surface area contributed by atoms with E-state index in [1.807, 2.05) is 0 Å². The lowest BCUT2D eigenvalue weighted by Crippen LogP contribution is -2.13. The summed E-state index contributed by atoms with van der Waals surface area (Å²) in [4.78, 5) is 25.7. The Balaban J connectivity index is 2.51. The van der Waals surface area contributed by atoms with Crippen molar-refractivity contribution in [2.45, 2.75) is 6.42 Å². The predicted octanol–water partition coefficient (Wildman–Crippen LogP) is -0.122. The highest BCUT2D eigenvalue weighted by molar-refractivity contribution is 5.95. The van der Waals surface area contributed by atoms with Crippen molar-refractivity contribution in [1.82, 2.24) is 4.98 Å². The Kier molecular flexibility index (Phi) is 1.81. The number of rotatable bonds is 0. The van der Waals surface area contributed by atoms with Gasteiger partial charge in [0.15, 0.2) is 11.6 Å². The van der Waals surface area contributed by atoms with Gasteiger partial charge in [-0.15, -0.1) is 0 Å². The number of anilines is 1. The Bertz CT molecular complexity index is 416. The van der Waals surface area contributed by atoms with Gasteiger partial charge in [-0.2, -0.15) is 0 Å². The van der Waals surface area contributed by atoms with Crippen LogP contribution in [-0.2, 0) is 9.59 Å². The van der Waals surface area contributed by atoms with E-state index >= 15 is 0 Å². The van der Waals surface area contributed by atoms with E-state index in [2.05, 4.69) is 4.98 Å². The van der Waals surface area contributed by atoms with Crippen LogP contribution >= 0.6 is 0 Å². The molecule has 0 amide bonds. The summed E-state index contributed by atoms with van der Waals surface area (Å²) in [5.41, 5.74) is 5.44. The Morgan fingerprint density at radius 1 is 1.29 bits per heavy atom. The monoisotopic (exact) mass is 194 g/mol. The molecule has 6 nitrogen and oxygen atoms in total. The molecule has 0 radical (unpaired) electrons. The largest absolute Gasteiger partial charge is 0.422 e. The van der Waals surface area contributed by atoms with Gasteiger partial charge in [-0.25, -0.2) is 4.98 Å². The summed E-state index contributed by atoms with van der Waals surface area (Å²) in [7, 11) is 0. The summed E-state index contributed by atoms with van der Waals surface area (Å²) >= 11 is 0. The molecule has 14 heavy (non-hydrogen) atoms. The Morgan fingerprint density at radius 2 is 2.00 bits per heavy atom. The summed E-state index contributed by atoms with van der Waals surface area (Å²) in [6.45, 7) is 0. The van der Waals surface area contributed by atoms with Gasteiger partial charge in [0.1, 0.15) is 6.42 Å². The Morgan fingerprint density at radius 3 is 2.79 bits per heavy atom. The van der Waals surface area contributed by atoms with Gasteiger partial charge in [0, 0.05) is 12.3 Å². The molecule has 0 aliphatic carbocycles. The minimum atomic E-state index is -0.701. The fourth-order valence-electron chi connectivity index (χ4n) is 1.06. The number of esters is 2. The van der Waals surface area contributed by atoms with Gasteiger partial charge in [0.25, 0.3) is 0 Å². The lowest BCUT2D eigenvalue weighted by molar-refractivity contribution is -0.142. The first-order chi connectivity index (χ1) is 6.66. The normalized spacial score (nSPS) is 15.1. The van der Waals surface area contributed by atoms with Crippen molar-refractivity contribution in [2.24, 2.45) is 0 Å². The maximum absolute atomic E-state index is 11.0. The minimum Gasteiger partial charge on any atom is -0.422 e. The third-order valence-electron chi connectivity index (χ3n) is 1.62. The Labute approximate surface area is 78.6 Å². The van der Waals surface area contributed by atoms with Gasteiger partial charge in [0.05, 0.1) is 0 Å². The van der Waals surface area contributed by atoms with Crippen LogP contribution in [0.25, 0.3) is 0 Å². The van der Waals surface area contributed by atoms with Crippen molar-refractivity contribution in [3.8, 4) is 11.5 Å². The third-order valence-corrected chi connectivity index (χ3v) is 1.62. The van der Waals surface area contributed by atoms with Gasteiger partial charge in [0.2, 0.25) is 5.75 Å². The van der Waals surface area contributed by atoms with Crippen LogP contribution in [0.4, 0.5) is 5.82 Å². The molecular weight excluding hydrogens is 188 g/mol. The predicted molar refractivity (Wildman–Crippen MR) is 44.5 cm³/mol. The second-order valence-electron chi connectivity index (χ2n) is 2.65. The SMILES string of the molecule is Nc1nccc2c1OC(=O)CC(=O)O2. The van der Waals surface area contributed by atoms with E-state index in [9.17, 15) is 9.59 Å². The molecule has 2 rings (SSSR count). The summed E-state index contributed by atoms with van der Waals surface area (Å²) in [6.07, 6.45) is 0.939. The second kappa shape index (κ2) is 2.99. The van der Waals surface area contributed by atoms with E-state index in [-0.39, 0.29) is 17.3 Å². The molecule has 1 aromatic heterocycles. The van der Waals surface area contributed by atoms with Crippen molar-refractivity contribution in [3.63, 3.8) is 0 Å². The van der Waals surface area contributed by atoms with E-state index in [1.54, 1.807) is 0 Å². The molecule has 72 valence electrons. The fraction of sp³-hybridized carbons (Fsp3) is 0.125. The minimum absolute atomic E-state index is 0.00310.